The second-order valence-electron chi connectivity index (χ2n) is 5.14. The molecule has 0 N–H and O–H groups in total. The van der Waals surface area contributed by atoms with Gasteiger partial charge in [0.1, 0.15) is 0 Å². The molecule has 0 saturated carbocycles. The smallest absolute Gasteiger partial charge is 0.217 e. The van der Waals surface area contributed by atoms with E-state index in [0.29, 0.717) is 11.1 Å². The molecule has 0 atom stereocenters. The summed E-state index contributed by atoms with van der Waals surface area (Å²) in [5.74, 6) is -0.692. The van der Waals surface area contributed by atoms with Crippen molar-refractivity contribution in [2.24, 2.45) is 0 Å². The Bertz CT molecular complexity index is 827. The Morgan fingerprint density at radius 1 is 0.800 bits per heavy atom. The van der Waals surface area contributed by atoms with Crippen molar-refractivity contribution in [2.75, 3.05) is 6.61 Å². The van der Waals surface area contributed by atoms with Gasteiger partial charge in [-0.2, -0.15) is 0 Å². The third-order valence-electron chi connectivity index (χ3n) is 3.51. The van der Waals surface area contributed by atoms with Crippen molar-refractivity contribution >= 4 is 11.6 Å². The van der Waals surface area contributed by atoms with Crippen molar-refractivity contribution in [3.05, 3.63) is 83.2 Å². The summed E-state index contributed by atoms with van der Waals surface area (Å²) in [7, 11) is 0. The van der Waals surface area contributed by atoms with Crippen molar-refractivity contribution in [3.63, 3.8) is 0 Å². The summed E-state index contributed by atoms with van der Waals surface area (Å²) in [4.78, 5) is 25.5. The quantitative estimate of drug-likeness (QED) is 0.645. The molecule has 0 aliphatic carbocycles. The van der Waals surface area contributed by atoms with Gasteiger partial charge in [-0.1, -0.05) is 60.7 Å². The molecule has 0 unspecified atom stereocenters. The summed E-state index contributed by atoms with van der Waals surface area (Å²) in [6.45, 7) is 2.02. The molecule has 2 aromatic carbocycles. The van der Waals surface area contributed by atoms with Crippen LogP contribution >= 0.6 is 0 Å². The summed E-state index contributed by atoms with van der Waals surface area (Å²) in [5.41, 5.74) is 0.814. The van der Waals surface area contributed by atoms with Gasteiger partial charge < -0.3 is 4.74 Å². The molecule has 6 heteroatoms. The first kappa shape index (κ1) is 16.4. The second kappa shape index (κ2) is 7.44. The van der Waals surface area contributed by atoms with Gasteiger partial charge in [0.05, 0.1) is 6.61 Å². The van der Waals surface area contributed by atoms with Crippen molar-refractivity contribution in [1.82, 2.24) is 15.4 Å². The second-order valence-corrected chi connectivity index (χ2v) is 5.14. The van der Waals surface area contributed by atoms with E-state index in [4.69, 9.17) is 4.74 Å². The molecule has 3 rings (SSSR count). The third-order valence-corrected chi connectivity index (χ3v) is 3.51. The van der Waals surface area contributed by atoms with E-state index in [-0.39, 0.29) is 35.3 Å². The molecule has 0 amide bonds. The lowest BCUT2D eigenvalue weighted by molar-refractivity contribution is 0.102. The number of ketones is 2. The van der Waals surface area contributed by atoms with Crippen LogP contribution in [-0.4, -0.2) is 33.6 Å². The Morgan fingerprint density at radius 3 is 1.64 bits per heavy atom. The molecular formula is C19H15N3O3. The number of hydrogen-bond donors (Lipinski definition) is 0. The predicted octanol–water partition coefficient (Wildman–Crippen LogP) is 2.73. The molecule has 3 aromatic rings. The van der Waals surface area contributed by atoms with Gasteiger partial charge in [0, 0.05) is 11.1 Å². The number of carbonyl (C=O) groups excluding carboxylic acids is 2. The molecule has 25 heavy (non-hydrogen) atoms. The molecule has 0 spiro atoms. The van der Waals surface area contributed by atoms with E-state index >= 15 is 0 Å². The maximum Gasteiger partial charge on any atom is 0.217 e. The number of nitrogens with zero attached hydrogens (tertiary/aromatic N) is 3. The minimum absolute atomic E-state index is 0.0256. The van der Waals surface area contributed by atoms with Crippen LogP contribution < -0.4 is 4.74 Å². The number of aromatic nitrogens is 3. The van der Waals surface area contributed by atoms with Gasteiger partial charge in [0.15, 0.2) is 17.1 Å². The number of benzene rings is 2. The predicted molar refractivity (Wildman–Crippen MR) is 90.7 cm³/mol. The molecule has 0 saturated heterocycles. The van der Waals surface area contributed by atoms with Crippen LogP contribution in [0.2, 0.25) is 0 Å². The lowest BCUT2D eigenvalue weighted by atomic mass is 10.0. The van der Waals surface area contributed by atoms with Gasteiger partial charge in [-0.25, -0.2) is 0 Å². The van der Waals surface area contributed by atoms with Crippen molar-refractivity contribution in [3.8, 4) is 5.75 Å². The Hall–Kier alpha value is -3.41. The zero-order valence-electron chi connectivity index (χ0n) is 13.5. The van der Waals surface area contributed by atoms with Gasteiger partial charge in [0.2, 0.25) is 11.6 Å². The van der Waals surface area contributed by atoms with E-state index in [0.717, 1.165) is 0 Å². The van der Waals surface area contributed by atoms with Crippen molar-refractivity contribution < 1.29 is 14.3 Å². The summed E-state index contributed by atoms with van der Waals surface area (Å²) in [6, 6.07) is 17.3. The molecule has 0 aliphatic rings. The first-order valence-corrected chi connectivity index (χ1v) is 7.78. The van der Waals surface area contributed by atoms with E-state index in [1.54, 1.807) is 55.5 Å². The van der Waals surface area contributed by atoms with Gasteiger partial charge in [-0.3, -0.25) is 9.59 Å². The summed E-state index contributed by atoms with van der Waals surface area (Å²) >= 11 is 0. The van der Waals surface area contributed by atoms with E-state index in [2.05, 4.69) is 15.4 Å². The highest BCUT2D eigenvalue weighted by molar-refractivity contribution is 6.14. The number of carbonyl (C=O) groups is 2. The molecule has 0 fully saturated rings. The van der Waals surface area contributed by atoms with Crippen LogP contribution in [0.1, 0.15) is 39.0 Å². The zero-order valence-corrected chi connectivity index (χ0v) is 13.5. The molecule has 1 heterocycles. The third kappa shape index (κ3) is 3.42. The average molecular weight is 333 g/mol. The average Bonchev–Trinajstić information content (AvgIpc) is 2.68. The van der Waals surface area contributed by atoms with Gasteiger partial charge in [0.25, 0.3) is 0 Å². The zero-order chi connectivity index (χ0) is 17.6. The maximum absolute atomic E-state index is 12.7. The standard InChI is InChI=1S/C19H15N3O3/c1-2-25-19-15(17(23)13-9-5-3-6-10-13)20-22-21-16(19)18(24)14-11-7-4-8-12-14/h3-12H,2H2,1H3. The summed E-state index contributed by atoms with van der Waals surface area (Å²) in [5, 5.41) is 11.2. The summed E-state index contributed by atoms with van der Waals surface area (Å²) < 4.78 is 5.55. The van der Waals surface area contributed by atoms with Crippen LogP contribution in [0.15, 0.2) is 60.7 Å². The Labute approximate surface area is 144 Å². The molecule has 0 bridgehead atoms. The summed E-state index contributed by atoms with van der Waals surface area (Å²) in [6.07, 6.45) is 0. The molecular weight excluding hydrogens is 318 g/mol. The van der Waals surface area contributed by atoms with Crippen molar-refractivity contribution in [2.45, 2.75) is 6.92 Å². The normalized spacial score (nSPS) is 10.3. The van der Waals surface area contributed by atoms with Crippen LogP contribution in [0.25, 0.3) is 0 Å². The first-order chi connectivity index (χ1) is 12.2. The highest BCUT2D eigenvalue weighted by Gasteiger charge is 2.26. The lowest BCUT2D eigenvalue weighted by Gasteiger charge is -2.11. The van der Waals surface area contributed by atoms with Gasteiger partial charge in [-0.05, 0) is 12.1 Å². The van der Waals surface area contributed by atoms with E-state index < -0.39 is 0 Å². The monoisotopic (exact) mass is 333 g/mol. The minimum atomic E-state index is -0.374. The van der Waals surface area contributed by atoms with Crippen molar-refractivity contribution in [1.29, 1.82) is 0 Å². The Morgan fingerprint density at radius 2 is 1.24 bits per heavy atom. The molecule has 1 aromatic heterocycles. The van der Waals surface area contributed by atoms with Crippen LogP contribution in [0.3, 0.4) is 0 Å². The fourth-order valence-corrected chi connectivity index (χ4v) is 2.35. The van der Waals surface area contributed by atoms with Crippen LogP contribution in [0.4, 0.5) is 0 Å². The van der Waals surface area contributed by atoms with E-state index in [1.165, 1.54) is 0 Å². The Balaban J connectivity index is 2.09. The SMILES string of the molecule is CCOc1c(C(=O)c2ccccc2)nnnc1C(=O)c1ccccc1. The largest absolute Gasteiger partial charge is 0.489 e. The van der Waals surface area contributed by atoms with E-state index in [1.807, 2.05) is 12.1 Å². The molecule has 124 valence electrons. The highest BCUT2D eigenvalue weighted by Crippen LogP contribution is 2.24. The lowest BCUT2D eigenvalue weighted by Crippen LogP contribution is -2.16. The minimum Gasteiger partial charge on any atom is -0.489 e. The maximum atomic E-state index is 12.7. The van der Waals surface area contributed by atoms with Crippen LogP contribution in [-0.2, 0) is 0 Å². The molecule has 0 radical (unpaired) electrons. The van der Waals surface area contributed by atoms with Crippen LogP contribution in [0, 0.1) is 0 Å². The number of hydrogen-bond acceptors (Lipinski definition) is 6. The van der Waals surface area contributed by atoms with Gasteiger partial charge >= 0.3 is 0 Å². The van der Waals surface area contributed by atoms with Crippen LogP contribution in [0.5, 0.6) is 5.75 Å². The Kier molecular flexibility index (Phi) is 4.89. The first-order valence-electron chi connectivity index (χ1n) is 7.78. The molecule has 0 aliphatic heterocycles. The van der Waals surface area contributed by atoms with E-state index in [9.17, 15) is 9.59 Å². The highest BCUT2D eigenvalue weighted by atomic mass is 16.5. The fourth-order valence-electron chi connectivity index (χ4n) is 2.35. The molecule has 6 nitrogen and oxygen atoms in total. The fraction of sp³-hybridized carbons (Fsp3) is 0.105. The number of rotatable bonds is 6. The number of ether oxygens (including phenoxy) is 1. The topological polar surface area (TPSA) is 82.0 Å². The van der Waals surface area contributed by atoms with Gasteiger partial charge in [-0.15, -0.1) is 10.2 Å².